The Labute approximate surface area is 96.7 Å². The van der Waals surface area contributed by atoms with Crippen LogP contribution in [0.5, 0.6) is 0 Å². The van der Waals surface area contributed by atoms with Crippen LogP contribution in [-0.4, -0.2) is 28.3 Å². The quantitative estimate of drug-likeness (QED) is 0.728. The van der Waals surface area contributed by atoms with Crippen molar-refractivity contribution >= 4 is 0 Å². The van der Waals surface area contributed by atoms with E-state index in [9.17, 15) is 5.11 Å². The standard InChI is InChI=1S/C12H21N3O/c1-13-7-4-6-12-14-10(9-16)11-5-2-3-8-15(11)12/h13,16H,2-9H2,1H3. The van der Waals surface area contributed by atoms with Crippen molar-refractivity contribution in [3.8, 4) is 0 Å². The number of aromatic nitrogens is 2. The van der Waals surface area contributed by atoms with E-state index < -0.39 is 0 Å². The Bertz CT molecular complexity index is 346. The predicted octanol–water partition coefficient (Wildman–Crippen LogP) is 0.864. The van der Waals surface area contributed by atoms with Crippen molar-refractivity contribution < 1.29 is 5.11 Å². The lowest BCUT2D eigenvalue weighted by atomic mass is 10.1. The van der Waals surface area contributed by atoms with Gasteiger partial charge in [-0.15, -0.1) is 0 Å². The van der Waals surface area contributed by atoms with E-state index in [4.69, 9.17) is 0 Å². The van der Waals surface area contributed by atoms with Crippen LogP contribution >= 0.6 is 0 Å². The van der Waals surface area contributed by atoms with Crippen molar-refractivity contribution in [1.29, 1.82) is 0 Å². The lowest BCUT2D eigenvalue weighted by Gasteiger charge is -2.17. The van der Waals surface area contributed by atoms with Gasteiger partial charge < -0.3 is 15.0 Å². The van der Waals surface area contributed by atoms with E-state index in [-0.39, 0.29) is 6.61 Å². The molecule has 4 nitrogen and oxygen atoms in total. The Morgan fingerprint density at radius 1 is 1.44 bits per heavy atom. The summed E-state index contributed by atoms with van der Waals surface area (Å²) in [5.41, 5.74) is 2.17. The van der Waals surface area contributed by atoms with E-state index in [1.165, 1.54) is 18.5 Å². The van der Waals surface area contributed by atoms with E-state index in [2.05, 4.69) is 14.9 Å². The van der Waals surface area contributed by atoms with Crippen molar-refractivity contribution in [2.75, 3.05) is 13.6 Å². The van der Waals surface area contributed by atoms with Crippen molar-refractivity contribution in [3.63, 3.8) is 0 Å². The van der Waals surface area contributed by atoms with Crippen LogP contribution in [-0.2, 0) is 26.0 Å². The molecular formula is C12H21N3O. The second-order valence-corrected chi connectivity index (χ2v) is 4.40. The summed E-state index contributed by atoms with van der Waals surface area (Å²) in [6.45, 7) is 2.19. The zero-order valence-electron chi connectivity index (χ0n) is 10.00. The normalized spacial score (nSPS) is 15.1. The molecule has 90 valence electrons. The summed E-state index contributed by atoms with van der Waals surface area (Å²) in [6.07, 6.45) is 5.67. The van der Waals surface area contributed by atoms with Crippen molar-refractivity contribution in [2.45, 2.75) is 45.3 Å². The Kier molecular flexibility index (Phi) is 3.96. The number of fused-ring (bicyclic) bond motifs is 1. The molecule has 0 amide bonds. The molecule has 4 heteroatoms. The summed E-state index contributed by atoms with van der Waals surface area (Å²) in [5.74, 6) is 1.16. The van der Waals surface area contributed by atoms with Gasteiger partial charge in [-0.05, 0) is 39.3 Å². The van der Waals surface area contributed by atoms with E-state index in [0.717, 1.165) is 43.9 Å². The van der Waals surface area contributed by atoms with Gasteiger partial charge in [-0.3, -0.25) is 0 Å². The summed E-state index contributed by atoms with van der Waals surface area (Å²) < 4.78 is 2.32. The number of aliphatic hydroxyl groups is 1. The van der Waals surface area contributed by atoms with Gasteiger partial charge in [0.15, 0.2) is 0 Å². The zero-order valence-corrected chi connectivity index (χ0v) is 10.00. The third kappa shape index (κ3) is 2.28. The van der Waals surface area contributed by atoms with Crippen LogP contribution < -0.4 is 5.32 Å². The van der Waals surface area contributed by atoms with E-state index >= 15 is 0 Å². The first kappa shape index (κ1) is 11.6. The van der Waals surface area contributed by atoms with E-state index in [0.29, 0.717) is 0 Å². The Morgan fingerprint density at radius 3 is 3.06 bits per heavy atom. The van der Waals surface area contributed by atoms with Crippen LogP contribution in [0, 0.1) is 0 Å². The Hall–Kier alpha value is -0.870. The number of hydrogen-bond donors (Lipinski definition) is 2. The Balaban J connectivity index is 2.14. The maximum absolute atomic E-state index is 9.29. The molecule has 1 aliphatic rings. The average molecular weight is 223 g/mol. The second kappa shape index (κ2) is 5.46. The van der Waals surface area contributed by atoms with Crippen LogP contribution in [0.1, 0.15) is 36.5 Å². The highest BCUT2D eigenvalue weighted by Gasteiger charge is 2.18. The number of aliphatic hydroxyl groups excluding tert-OH is 1. The van der Waals surface area contributed by atoms with Crippen LogP contribution in [0.2, 0.25) is 0 Å². The van der Waals surface area contributed by atoms with E-state index in [1.807, 2.05) is 7.05 Å². The monoisotopic (exact) mass is 223 g/mol. The van der Waals surface area contributed by atoms with Gasteiger partial charge in [0.05, 0.1) is 12.3 Å². The molecule has 0 atom stereocenters. The maximum Gasteiger partial charge on any atom is 0.109 e. The highest BCUT2D eigenvalue weighted by Crippen LogP contribution is 2.21. The van der Waals surface area contributed by atoms with Crippen molar-refractivity contribution in [2.24, 2.45) is 0 Å². The molecule has 0 aliphatic carbocycles. The molecular weight excluding hydrogens is 202 g/mol. The van der Waals surface area contributed by atoms with Crippen LogP contribution in [0.3, 0.4) is 0 Å². The molecule has 0 radical (unpaired) electrons. The van der Waals surface area contributed by atoms with Gasteiger partial charge in [0.25, 0.3) is 0 Å². The lowest BCUT2D eigenvalue weighted by molar-refractivity contribution is 0.275. The summed E-state index contributed by atoms with van der Waals surface area (Å²) in [7, 11) is 1.97. The third-order valence-corrected chi connectivity index (χ3v) is 3.26. The molecule has 1 aliphatic heterocycles. The molecule has 0 aromatic carbocycles. The molecule has 0 unspecified atom stereocenters. The predicted molar refractivity (Wildman–Crippen MR) is 63.3 cm³/mol. The van der Waals surface area contributed by atoms with Crippen LogP contribution in [0.25, 0.3) is 0 Å². The van der Waals surface area contributed by atoms with Gasteiger partial charge in [-0.2, -0.15) is 0 Å². The fraction of sp³-hybridized carbons (Fsp3) is 0.750. The minimum Gasteiger partial charge on any atom is -0.390 e. The summed E-state index contributed by atoms with van der Waals surface area (Å²) in [5, 5.41) is 12.4. The first-order valence-corrected chi connectivity index (χ1v) is 6.19. The average Bonchev–Trinajstić information content (AvgIpc) is 2.68. The molecule has 1 aromatic heterocycles. The summed E-state index contributed by atoms with van der Waals surface area (Å²) >= 11 is 0. The number of nitrogens with one attached hydrogen (secondary N) is 1. The molecule has 0 spiro atoms. The van der Waals surface area contributed by atoms with Gasteiger partial charge in [0.2, 0.25) is 0 Å². The first-order valence-electron chi connectivity index (χ1n) is 6.19. The summed E-state index contributed by atoms with van der Waals surface area (Å²) in [4.78, 5) is 4.57. The van der Waals surface area contributed by atoms with Gasteiger partial charge in [-0.25, -0.2) is 4.98 Å². The highest BCUT2D eigenvalue weighted by molar-refractivity contribution is 5.18. The SMILES string of the molecule is CNCCCc1nc(CO)c2n1CCCC2. The lowest BCUT2D eigenvalue weighted by Crippen LogP contribution is -2.15. The van der Waals surface area contributed by atoms with E-state index in [1.54, 1.807) is 0 Å². The fourth-order valence-electron chi connectivity index (χ4n) is 2.44. The molecule has 0 saturated carbocycles. The first-order chi connectivity index (χ1) is 7.86. The molecule has 2 heterocycles. The van der Waals surface area contributed by atoms with Gasteiger partial charge in [-0.1, -0.05) is 0 Å². The molecule has 0 bridgehead atoms. The minimum atomic E-state index is 0.0847. The number of hydrogen-bond acceptors (Lipinski definition) is 3. The second-order valence-electron chi connectivity index (χ2n) is 4.40. The Morgan fingerprint density at radius 2 is 2.31 bits per heavy atom. The number of nitrogens with zero attached hydrogens (tertiary/aromatic N) is 2. The molecule has 2 N–H and O–H groups in total. The molecule has 2 rings (SSSR count). The minimum absolute atomic E-state index is 0.0847. The largest absolute Gasteiger partial charge is 0.390 e. The van der Waals surface area contributed by atoms with Gasteiger partial charge in [0, 0.05) is 18.7 Å². The van der Waals surface area contributed by atoms with Crippen LogP contribution in [0.4, 0.5) is 0 Å². The molecule has 1 aromatic rings. The van der Waals surface area contributed by atoms with Gasteiger partial charge in [0.1, 0.15) is 5.82 Å². The molecule has 0 saturated heterocycles. The zero-order chi connectivity index (χ0) is 11.4. The number of aryl methyl sites for hydroxylation is 1. The smallest absolute Gasteiger partial charge is 0.109 e. The highest BCUT2D eigenvalue weighted by atomic mass is 16.3. The van der Waals surface area contributed by atoms with Gasteiger partial charge >= 0.3 is 0 Å². The third-order valence-electron chi connectivity index (χ3n) is 3.26. The molecule has 16 heavy (non-hydrogen) atoms. The molecule has 0 fully saturated rings. The maximum atomic E-state index is 9.29. The van der Waals surface area contributed by atoms with Crippen LogP contribution in [0.15, 0.2) is 0 Å². The van der Waals surface area contributed by atoms with Crippen molar-refractivity contribution in [3.05, 3.63) is 17.2 Å². The number of rotatable bonds is 5. The topological polar surface area (TPSA) is 50.1 Å². The van der Waals surface area contributed by atoms with Crippen molar-refractivity contribution in [1.82, 2.24) is 14.9 Å². The number of imidazole rings is 1. The fourth-order valence-corrected chi connectivity index (χ4v) is 2.44. The summed E-state index contributed by atoms with van der Waals surface area (Å²) in [6, 6.07) is 0.